The second-order valence-electron chi connectivity index (χ2n) is 8.94. The predicted molar refractivity (Wildman–Crippen MR) is 117 cm³/mol. The summed E-state index contributed by atoms with van der Waals surface area (Å²) >= 11 is 0. The minimum atomic E-state index is -2.71. The maximum Gasteiger partial charge on any atom is 0.305 e. The summed E-state index contributed by atoms with van der Waals surface area (Å²) in [6.45, 7) is -0.491. The summed E-state index contributed by atoms with van der Waals surface area (Å²) in [6.07, 6.45) is -14.5. The molecule has 0 saturated carbocycles. The molecular formula is C22H39FO13. The van der Waals surface area contributed by atoms with Crippen LogP contribution in [0.2, 0.25) is 0 Å². The van der Waals surface area contributed by atoms with E-state index in [9.17, 15) is 44.9 Å². The predicted octanol–water partition coefficient (Wildman–Crippen LogP) is -2.17. The van der Waals surface area contributed by atoms with Crippen LogP contribution in [0.1, 0.15) is 44.9 Å². The van der Waals surface area contributed by atoms with Gasteiger partial charge in [0.2, 0.25) is 6.36 Å². The smallest absolute Gasteiger partial charge is 0.305 e. The third-order valence-electron chi connectivity index (χ3n) is 6.28. The molecule has 0 aromatic heterocycles. The maximum atomic E-state index is 13.4. The van der Waals surface area contributed by atoms with Crippen molar-refractivity contribution in [3.8, 4) is 0 Å². The van der Waals surface area contributed by atoms with Crippen LogP contribution in [0, 0.1) is 0 Å². The molecule has 0 bridgehead atoms. The highest BCUT2D eigenvalue weighted by Gasteiger charge is 2.52. The van der Waals surface area contributed by atoms with Gasteiger partial charge in [0.15, 0.2) is 12.6 Å². The van der Waals surface area contributed by atoms with Gasteiger partial charge in [0.25, 0.3) is 0 Å². The molecule has 0 aromatic carbocycles. The van der Waals surface area contributed by atoms with Crippen LogP contribution in [0.5, 0.6) is 0 Å². The number of methoxy groups -OCH3 is 1. The Morgan fingerprint density at radius 3 is 2.11 bits per heavy atom. The van der Waals surface area contributed by atoms with E-state index in [4.69, 9.17) is 18.9 Å². The highest BCUT2D eigenvalue weighted by Crippen LogP contribution is 2.30. The number of hydrogen-bond acceptors (Lipinski definition) is 13. The number of halogens is 1. The number of aliphatic hydroxyl groups is 7. The Morgan fingerprint density at radius 2 is 1.50 bits per heavy atom. The van der Waals surface area contributed by atoms with Crippen molar-refractivity contribution in [2.75, 3.05) is 20.3 Å². The van der Waals surface area contributed by atoms with E-state index < -0.39 is 74.4 Å². The Kier molecular flexibility index (Phi) is 13.3. The summed E-state index contributed by atoms with van der Waals surface area (Å²) in [5, 5.41) is 69.4. The fourth-order valence-electron chi connectivity index (χ4n) is 4.08. The second kappa shape index (κ2) is 15.4. The van der Waals surface area contributed by atoms with E-state index in [0.29, 0.717) is 12.8 Å². The Bertz CT molecular complexity index is 641. The van der Waals surface area contributed by atoms with Crippen LogP contribution in [0.4, 0.5) is 4.39 Å². The average molecular weight is 531 g/mol. The number of esters is 1. The van der Waals surface area contributed by atoms with Gasteiger partial charge in [-0.3, -0.25) is 4.79 Å². The molecule has 212 valence electrons. The summed E-state index contributed by atoms with van der Waals surface area (Å²) in [7, 11) is 1.35. The molecule has 1 unspecified atom stereocenters. The van der Waals surface area contributed by atoms with Gasteiger partial charge in [-0.15, -0.1) is 0 Å². The quantitative estimate of drug-likeness (QED) is 0.0944. The van der Waals surface area contributed by atoms with Gasteiger partial charge in [-0.05, 0) is 12.8 Å². The van der Waals surface area contributed by atoms with Crippen LogP contribution in [0.15, 0.2) is 0 Å². The zero-order chi connectivity index (χ0) is 26.8. The largest absolute Gasteiger partial charge is 0.469 e. The lowest BCUT2D eigenvalue weighted by atomic mass is 9.97. The normalized spacial score (nSPS) is 38.0. The molecular weight excluding hydrogens is 491 g/mol. The number of aliphatic hydroxyl groups excluding tert-OH is 7. The zero-order valence-corrected chi connectivity index (χ0v) is 20.2. The van der Waals surface area contributed by atoms with Crippen molar-refractivity contribution in [3.63, 3.8) is 0 Å². The number of carbonyl (C=O) groups excluding carboxylic acids is 1. The maximum absolute atomic E-state index is 13.4. The molecule has 2 aliphatic heterocycles. The van der Waals surface area contributed by atoms with Gasteiger partial charge in [-0.2, -0.15) is 0 Å². The van der Waals surface area contributed by atoms with Gasteiger partial charge >= 0.3 is 5.97 Å². The van der Waals surface area contributed by atoms with Gasteiger partial charge in [0.05, 0.1) is 13.7 Å². The van der Waals surface area contributed by atoms with E-state index in [1.54, 1.807) is 0 Å². The minimum Gasteiger partial charge on any atom is -0.469 e. The average Bonchev–Trinajstić information content (AvgIpc) is 2.86. The van der Waals surface area contributed by atoms with Crippen molar-refractivity contribution in [2.24, 2.45) is 0 Å². The van der Waals surface area contributed by atoms with Gasteiger partial charge in [-0.1, -0.05) is 25.7 Å². The number of hydrogen-bond donors (Lipinski definition) is 7. The zero-order valence-electron chi connectivity index (χ0n) is 20.2. The van der Waals surface area contributed by atoms with E-state index in [1.807, 2.05) is 0 Å². The SMILES string of the molecule is COC(=O)CCCCCCCCO[C@H]1O[C@H](CO)[C@@H](O)[C@H](O)[C@H]1O[C@H]1O[C@H](C(O)F)[C@@H](O)[C@H](O)[C@H]1O. The molecule has 2 saturated heterocycles. The first-order valence-corrected chi connectivity index (χ1v) is 12.1. The first-order chi connectivity index (χ1) is 17.1. The first kappa shape index (κ1) is 31.2. The summed E-state index contributed by atoms with van der Waals surface area (Å²) in [4.78, 5) is 11.1. The molecule has 14 heteroatoms. The molecule has 2 aliphatic rings. The summed E-state index contributed by atoms with van der Waals surface area (Å²) in [5.41, 5.74) is 0. The van der Waals surface area contributed by atoms with Crippen molar-refractivity contribution < 1.29 is 68.6 Å². The Labute approximate surface area is 208 Å². The highest BCUT2D eigenvalue weighted by molar-refractivity contribution is 5.68. The van der Waals surface area contributed by atoms with Crippen LogP contribution < -0.4 is 0 Å². The number of rotatable bonds is 14. The molecule has 2 fully saturated rings. The lowest BCUT2D eigenvalue weighted by Gasteiger charge is -2.46. The third kappa shape index (κ3) is 8.49. The monoisotopic (exact) mass is 530 g/mol. The molecule has 36 heavy (non-hydrogen) atoms. The fraction of sp³-hybridized carbons (Fsp3) is 0.955. The fourth-order valence-corrected chi connectivity index (χ4v) is 4.08. The van der Waals surface area contributed by atoms with Crippen molar-refractivity contribution in [3.05, 3.63) is 0 Å². The second-order valence-corrected chi connectivity index (χ2v) is 8.94. The van der Waals surface area contributed by atoms with Crippen LogP contribution in [0.25, 0.3) is 0 Å². The molecule has 2 rings (SSSR count). The Balaban J connectivity index is 1.90. The minimum absolute atomic E-state index is 0.148. The van der Waals surface area contributed by atoms with E-state index in [0.717, 1.165) is 32.1 Å². The van der Waals surface area contributed by atoms with Crippen LogP contribution >= 0.6 is 0 Å². The molecule has 13 nitrogen and oxygen atoms in total. The molecule has 0 spiro atoms. The topological polar surface area (TPSA) is 205 Å². The lowest BCUT2D eigenvalue weighted by molar-refractivity contribution is -0.374. The molecule has 2 heterocycles. The van der Waals surface area contributed by atoms with Crippen LogP contribution in [-0.2, 0) is 28.5 Å². The summed E-state index contributed by atoms with van der Waals surface area (Å²) in [5.74, 6) is -0.241. The van der Waals surface area contributed by atoms with Gasteiger partial charge in [0, 0.05) is 13.0 Å². The van der Waals surface area contributed by atoms with Crippen molar-refractivity contribution in [1.29, 1.82) is 0 Å². The van der Waals surface area contributed by atoms with Crippen molar-refractivity contribution >= 4 is 5.97 Å². The number of ether oxygens (including phenoxy) is 5. The van der Waals surface area contributed by atoms with Crippen LogP contribution in [-0.4, -0.2) is 130 Å². The molecule has 0 amide bonds. The van der Waals surface area contributed by atoms with E-state index >= 15 is 0 Å². The molecule has 11 atom stereocenters. The third-order valence-corrected chi connectivity index (χ3v) is 6.28. The van der Waals surface area contributed by atoms with Crippen molar-refractivity contribution in [1.82, 2.24) is 0 Å². The number of alkyl halides is 1. The molecule has 0 radical (unpaired) electrons. The lowest BCUT2D eigenvalue weighted by Crippen LogP contribution is -2.65. The van der Waals surface area contributed by atoms with Gasteiger partial charge in [-0.25, -0.2) is 4.39 Å². The first-order valence-electron chi connectivity index (χ1n) is 12.1. The number of unbranched alkanes of at least 4 members (excludes halogenated alkanes) is 5. The molecule has 0 aliphatic carbocycles. The van der Waals surface area contributed by atoms with Gasteiger partial charge < -0.3 is 59.4 Å². The van der Waals surface area contributed by atoms with Gasteiger partial charge in [0.1, 0.15) is 48.8 Å². The van der Waals surface area contributed by atoms with E-state index in [2.05, 4.69) is 4.74 Å². The highest BCUT2D eigenvalue weighted by atomic mass is 19.1. The standard InChI is InChI=1S/C22H39FO13/c1-32-12(25)8-6-4-2-3-5-7-9-33-22-19(15(28)13(26)11(10-24)34-22)36-21-17(30)14(27)16(29)18(35-21)20(23)31/h11,13-22,24,26-31H,2-10H2,1H3/t11-,13-,14+,15+,16+,17-,18+,19-,20?,21-,22+/m1/s1. The summed E-state index contributed by atoms with van der Waals surface area (Å²) in [6, 6.07) is 0. The van der Waals surface area contributed by atoms with E-state index in [-0.39, 0.29) is 12.6 Å². The molecule has 0 aromatic rings. The van der Waals surface area contributed by atoms with Crippen molar-refractivity contribution in [2.45, 2.75) is 113 Å². The summed E-state index contributed by atoms with van der Waals surface area (Å²) < 4.78 is 39.7. The van der Waals surface area contributed by atoms with E-state index in [1.165, 1.54) is 7.11 Å². The van der Waals surface area contributed by atoms with Crippen LogP contribution in [0.3, 0.4) is 0 Å². The molecule has 7 N–H and O–H groups in total. The Morgan fingerprint density at radius 1 is 0.861 bits per heavy atom. The number of carbonyl (C=O) groups is 1. The Hall–Kier alpha value is -1.04.